The Kier molecular flexibility index (Phi) is 9.88. The maximum absolute atomic E-state index is 12.3. The van der Waals surface area contributed by atoms with Gasteiger partial charge in [-0.05, 0) is 66.0 Å². The Hall–Kier alpha value is -4.03. The van der Waals surface area contributed by atoms with E-state index in [2.05, 4.69) is 28.3 Å². The molecule has 0 atom stereocenters. The van der Waals surface area contributed by atoms with Gasteiger partial charge in [0.15, 0.2) is 5.71 Å². The second-order valence-corrected chi connectivity index (χ2v) is 8.31. The molecule has 36 heavy (non-hydrogen) atoms. The molecule has 0 saturated carbocycles. The largest absolute Gasteiger partial charge is 0.497 e. The number of nitrogens with one attached hydrogen (secondary N) is 1. The quantitative estimate of drug-likeness (QED) is 0.139. The minimum absolute atomic E-state index is 0.136. The van der Waals surface area contributed by atoms with Gasteiger partial charge in [0.25, 0.3) is 10.1 Å². The Morgan fingerprint density at radius 2 is 1.39 bits per heavy atom. The number of alkyl halides is 3. The second-order valence-electron chi connectivity index (χ2n) is 6.89. The van der Waals surface area contributed by atoms with Crippen molar-refractivity contribution in [2.24, 2.45) is 5.16 Å². The summed E-state index contributed by atoms with van der Waals surface area (Å²) >= 11 is 0. The molecule has 1 heterocycles. The van der Waals surface area contributed by atoms with E-state index >= 15 is 0 Å². The number of hydrogen-bond donors (Lipinski definition) is 3. The van der Waals surface area contributed by atoms with Crippen LogP contribution in [0.1, 0.15) is 5.56 Å². The molecule has 0 saturated heterocycles. The molecule has 8 nitrogen and oxygen atoms in total. The molecular formula is C24H23F3N2O6S. The van der Waals surface area contributed by atoms with Crippen LogP contribution >= 0.6 is 0 Å². The van der Waals surface area contributed by atoms with Crippen molar-refractivity contribution in [2.75, 3.05) is 14.2 Å². The number of rotatable bonds is 4. The Labute approximate surface area is 205 Å². The number of nitrogens with zero attached hydrogens (tertiary/aromatic N) is 1. The highest BCUT2D eigenvalue weighted by Gasteiger charge is 2.37. The summed E-state index contributed by atoms with van der Waals surface area (Å²) < 4.78 is 76.1. The van der Waals surface area contributed by atoms with E-state index < -0.39 is 22.0 Å². The number of aromatic nitrogens is 1. The summed E-state index contributed by atoms with van der Waals surface area (Å²) in [6, 6.07) is 20.8. The molecule has 3 aromatic carbocycles. The van der Waals surface area contributed by atoms with Crippen LogP contribution in [0.4, 0.5) is 13.2 Å². The summed E-state index contributed by atoms with van der Waals surface area (Å²) in [6.45, 7) is 0. The summed E-state index contributed by atoms with van der Waals surface area (Å²) in [5, 5.41) is 11.8. The number of aromatic amines is 1. The molecule has 4 aromatic rings. The van der Waals surface area contributed by atoms with Crippen molar-refractivity contribution in [3.05, 3.63) is 90.6 Å². The standard InChI is InChI=1S/C9H8F3NO2.C8H7N.C7H8O4S/c1-15-7-4-2-6(3-5-7)8(13-14)9(10,11)12;1-2-4-8-7(3-1)5-6-9-8;1-11-6-2-4-7(5-3-6)12(8,9)10/h2-5,14H,1H3;1-6,9H;2-5H,1H3,(H,8,9,10). The minimum atomic E-state index is -4.68. The van der Waals surface area contributed by atoms with Gasteiger partial charge in [0.2, 0.25) is 0 Å². The van der Waals surface area contributed by atoms with Gasteiger partial charge >= 0.3 is 6.18 Å². The number of ether oxygens (including phenoxy) is 2. The minimum Gasteiger partial charge on any atom is -0.497 e. The maximum atomic E-state index is 12.3. The molecule has 0 radical (unpaired) electrons. The van der Waals surface area contributed by atoms with Gasteiger partial charge in [0, 0.05) is 17.3 Å². The van der Waals surface area contributed by atoms with Gasteiger partial charge in [-0.2, -0.15) is 21.6 Å². The Balaban J connectivity index is 0.000000195. The van der Waals surface area contributed by atoms with E-state index in [1.165, 1.54) is 73.7 Å². The first-order valence-corrected chi connectivity index (χ1v) is 11.5. The summed E-state index contributed by atoms with van der Waals surface area (Å²) in [5.74, 6) is 0.973. The van der Waals surface area contributed by atoms with Crippen LogP contribution in [-0.4, -0.2) is 49.3 Å². The molecule has 192 valence electrons. The average molecular weight is 525 g/mol. The van der Waals surface area contributed by atoms with Crippen LogP contribution in [0.3, 0.4) is 0 Å². The van der Waals surface area contributed by atoms with Gasteiger partial charge in [-0.3, -0.25) is 4.55 Å². The summed E-state index contributed by atoms with van der Waals surface area (Å²) in [4.78, 5) is 2.98. The molecule has 0 aliphatic rings. The van der Waals surface area contributed by atoms with E-state index in [0.29, 0.717) is 11.5 Å². The number of oxime groups is 1. The fourth-order valence-corrected chi connectivity index (χ4v) is 3.25. The third-order valence-corrected chi connectivity index (χ3v) is 5.42. The smallest absolute Gasteiger partial charge is 0.437 e. The van der Waals surface area contributed by atoms with Crippen LogP contribution in [0, 0.1) is 0 Å². The maximum Gasteiger partial charge on any atom is 0.437 e. The van der Waals surface area contributed by atoms with Gasteiger partial charge in [0.1, 0.15) is 11.5 Å². The lowest BCUT2D eigenvalue weighted by atomic mass is 10.1. The molecule has 1 aromatic heterocycles. The van der Waals surface area contributed by atoms with E-state index in [-0.39, 0.29) is 10.5 Å². The Morgan fingerprint density at radius 3 is 1.83 bits per heavy atom. The van der Waals surface area contributed by atoms with E-state index in [4.69, 9.17) is 19.2 Å². The number of halogens is 3. The summed E-state index contributed by atoms with van der Waals surface area (Å²) in [5.41, 5.74) is -0.339. The zero-order valence-electron chi connectivity index (χ0n) is 19.1. The lowest BCUT2D eigenvalue weighted by Crippen LogP contribution is -2.23. The van der Waals surface area contributed by atoms with Crippen molar-refractivity contribution in [2.45, 2.75) is 11.1 Å². The SMILES string of the molecule is COc1ccc(C(=NO)C(F)(F)F)cc1.COc1ccc(S(=O)(=O)O)cc1.c1ccc2[nH]ccc2c1. The van der Waals surface area contributed by atoms with Crippen molar-refractivity contribution in [3.8, 4) is 11.5 Å². The number of fused-ring (bicyclic) bond motifs is 1. The molecule has 0 amide bonds. The number of para-hydroxylation sites is 1. The molecule has 3 N–H and O–H groups in total. The fourth-order valence-electron chi connectivity index (χ4n) is 2.77. The van der Waals surface area contributed by atoms with E-state index in [9.17, 15) is 21.6 Å². The first-order chi connectivity index (χ1) is 17.0. The lowest BCUT2D eigenvalue weighted by molar-refractivity contribution is -0.0601. The predicted octanol–water partition coefficient (Wildman–Crippen LogP) is 5.55. The normalized spacial score (nSPS) is 11.6. The van der Waals surface area contributed by atoms with Crippen LogP contribution in [-0.2, 0) is 10.1 Å². The second kappa shape index (κ2) is 12.6. The van der Waals surface area contributed by atoms with Crippen molar-refractivity contribution in [1.82, 2.24) is 4.98 Å². The van der Waals surface area contributed by atoms with Crippen LogP contribution in [0.25, 0.3) is 10.9 Å². The number of methoxy groups -OCH3 is 2. The number of hydrogen-bond acceptors (Lipinski definition) is 6. The predicted molar refractivity (Wildman–Crippen MR) is 128 cm³/mol. The van der Waals surface area contributed by atoms with Gasteiger partial charge < -0.3 is 19.7 Å². The summed E-state index contributed by atoms with van der Waals surface area (Å²) in [7, 11) is -1.21. The van der Waals surface area contributed by atoms with E-state index in [1.807, 2.05) is 18.3 Å². The Morgan fingerprint density at radius 1 is 0.861 bits per heavy atom. The third kappa shape index (κ3) is 8.32. The van der Waals surface area contributed by atoms with Crippen LogP contribution < -0.4 is 9.47 Å². The number of benzene rings is 3. The Bertz CT molecular complexity index is 1340. The van der Waals surface area contributed by atoms with Crippen LogP contribution in [0.2, 0.25) is 0 Å². The number of H-pyrrole nitrogens is 1. The summed E-state index contributed by atoms with van der Waals surface area (Å²) in [6.07, 6.45) is -2.73. The van der Waals surface area contributed by atoms with Crippen LogP contribution in [0.5, 0.6) is 11.5 Å². The third-order valence-electron chi connectivity index (χ3n) is 4.55. The average Bonchev–Trinajstić information content (AvgIpc) is 3.33. The topological polar surface area (TPSA) is 121 Å². The first-order valence-electron chi connectivity index (χ1n) is 10.1. The van der Waals surface area contributed by atoms with E-state index in [1.54, 1.807) is 0 Å². The monoisotopic (exact) mass is 524 g/mol. The molecule has 0 aliphatic carbocycles. The highest BCUT2D eigenvalue weighted by molar-refractivity contribution is 7.85. The van der Waals surface area contributed by atoms with Crippen molar-refractivity contribution >= 4 is 26.7 Å². The molecule has 0 spiro atoms. The van der Waals surface area contributed by atoms with Crippen LogP contribution in [0.15, 0.2) is 95.1 Å². The molecule has 0 aliphatic heterocycles. The molecule has 12 heteroatoms. The highest BCUT2D eigenvalue weighted by atomic mass is 32.2. The highest BCUT2D eigenvalue weighted by Crippen LogP contribution is 2.23. The lowest BCUT2D eigenvalue weighted by Gasteiger charge is -2.08. The van der Waals surface area contributed by atoms with Crippen molar-refractivity contribution in [1.29, 1.82) is 0 Å². The van der Waals surface area contributed by atoms with Gasteiger partial charge in [0.05, 0.1) is 19.1 Å². The van der Waals surface area contributed by atoms with Crippen molar-refractivity contribution in [3.63, 3.8) is 0 Å². The molecule has 0 fully saturated rings. The fraction of sp³-hybridized carbons (Fsp3) is 0.125. The van der Waals surface area contributed by atoms with E-state index in [0.717, 1.165) is 0 Å². The molecule has 4 rings (SSSR count). The molecule has 0 unspecified atom stereocenters. The molecule has 0 bridgehead atoms. The zero-order chi connectivity index (χ0) is 26.8. The first kappa shape index (κ1) is 28.2. The molecular weight excluding hydrogens is 501 g/mol. The zero-order valence-corrected chi connectivity index (χ0v) is 19.9. The van der Waals surface area contributed by atoms with Gasteiger partial charge in [-0.15, -0.1) is 0 Å². The van der Waals surface area contributed by atoms with Crippen molar-refractivity contribution < 1.29 is 40.8 Å². The van der Waals surface area contributed by atoms with Gasteiger partial charge in [-0.25, -0.2) is 0 Å². The van der Waals surface area contributed by atoms with Gasteiger partial charge in [-0.1, -0.05) is 23.4 Å².